The molecule has 7 heteroatoms. The standard InChI is InChI=1S/C18H22N6O/c19-18-22-13(3-2-6-24-7-9-25-10-8-24)11-16(23-18)15-12-21-17-14(15)4-1-5-20-17/h1,4-5,11-12H,2-3,6-10H2,(H,20,21)(H2,19,22,23). The Morgan fingerprint density at radius 3 is 3.00 bits per heavy atom. The van der Waals surface area contributed by atoms with Gasteiger partial charge in [-0.3, -0.25) is 4.90 Å². The number of nitrogens with zero attached hydrogens (tertiary/aromatic N) is 4. The van der Waals surface area contributed by atoms with E-state index in [1.165, 1.54) is 0 Å². The summed E-state index contributed by atoms with van der Waals surface area (Å²) in [6.45, 7) is 4.75. The lowest BCUT2D eigenvalue weighted by atomic mass is 10.1. The molecule has 1 aliphatic rings. The van der Waals surface area contributed by atoms with Crippen LogP contribution < -0.4 is 5.73 Å². The summed E-state index contributed by atoms with van der Waals surface area (Å²) in [5.74, 6) is 0.317. The van der Waals surface area contributed by atoms with Crippen LogP contribution in [0.4, 0.5) is 5.95 Å². The van der Waals surface area contributed by atoms with Crippen molar-refractivity contribution in [1.29, 1.82) is 0 Å². The molecule has 25 heavy (non-hydrogen) atoms. The van der Waals surface area contributed by atoms with Crippen LogP contribution in [0.15, 0.2) is 30.6 Å². The number of H-pyrrole nitrogens is 1. The number of hydrogen-bond acceptors (Lipinski definition) is 6. The Labute approximate surface area is 146 Å². The minimum absolute atomic E-state index is 0.317. The molecule has 4 heterocycles. The zero-order valence-corrected chi connectivity index (χ0v) is 14.1. The number of nitrogens with one attached hydrogen (secondary N) is 1. The van der Waals surface area contributed by atoms with Crippen LogP contribution in [0.3, 0.4) is 0 Å². The number of nitrogens with two attached hydrogens (primary N) is 1. The average molecular weight is 338 g/mol. The van der Waals surface area contributed by atoms with E-state index in [0.29, 0.717) is 5.95 Å². The van der Waals surface area contributed by atoms with Gasteiger partial charge in [0.1, 0.15) is 5.65 Å². The fraction of sp³-hybridized carbons (Fsp3) is 0.389. The van der Waals surface area contributed by atoms with E-state index in [1.54, 1.807) is 6.20 Å². The largest absolute Gasteiger partial charge is 0.379 e. The van der Waals surface area contributed by atoms with E-state index in [4.69, 9.17) is 10.5 Å². The van der Waals surface area contributed by atoms with Gasteiger partial charge in [-0.1, -0.05) is 0 Å². The van der Waals surface area contributed by atoms with Gasteiger partial charge in [-0.15, -0.1) is 0 Å². The predicted molar refractivity (Wildman–Crippen MR) is 97.1 cm³/mol. The van der Waals surface area contributed by atoms with Crippen LogP contribution in [0.1, 0.15) is 12.1 Å². The third-order valence-corrected chi connectivity index (χ3v) is 4.53. The topological polar surface area (TPSA) is 92.9 Å². The molecule has 130 valence electrons. The smallest absolute Gasteiger partial charge is 0.220 e. The number of morpholine rings is 1. The second kappa shape index (κ2) is 7.16. The van der Waals surface area contributed by atoms with Crippen molar-refractivity contribution < 1.29 is 4.74 Å². The highest BCUT2D eigenvalue weighted by Gasteiger charge is 2.12. The summed E-state index contributed by atoms with van der Waals surface area (Å²) in [6.07, 6.45) is 5.63. The Morgan fingerprint density at radius 2 is 2.12 bits per heavy atom. The van der Waals surface area contributed by atoms with Crippen LogP contribution in [0.5, 0.6) is 0 Å². The number of pyridine rings is 1. The molecule has 0 atom stereocenters. The molecule has 0 aliphatic carbocycles. The van der Waals surface area contributed by atoms with Crippen molar-refractivity contribution in [3.8, 4) is 11.3 Å². The number of nitrogen functional groups attached to an aromatic ring is 1. The molecule has 0 amide bonds. The molecule has 3 aromatic rings. The zero-order valence-electron chi connectivity index (χ0n) is 14.1. The van der Waals surface area contributed by atoms with Gasteiger partial charge in [0.25, 0.3) is 0 Å². The molecule has 0 spiro atoms. The van der Waals surface area contributed by atoms with E-state index in [-0.39, 0.29) is 0 Å². The lowest BCUT2D eigenvalue weighted by Gasteiger charge is -2.26. The number of ether oxygens (including phenoxy) is 1. The molecular weight excluding hydrogens is 316 g/mol. The Kier molecular flexibility index (Phi) is 4.58. The molecular formula is C18H22N6O. The first-order valence-electron chi connectivity index (χ1n) is 8.65. The number of hydrogen-bond donors (Lipinski definition) is 2. The molecule has 1 aliphatic heterocycles. The molecule has 7 nitrogen and oxygen atoms in total. The van der Waals surface area contributed by atoms with Crippen LogP contribution in [0.2, 0.25) is 0 Å². The minimum Gasteiger partial charge on any atom is -0.379 e. The first-order chi connectivity index (χ1) is 12.3. The molecule has 0 aromatic carbocycles. The molecule has 0 unspecified atom stereocenters. The highest BCUT2D eigenvalue weighted by Crippen LogP contribution is 2.27. The average Bonchev–Trinajstić information content (AvgIpc) is 3.06. The van der Waals surface area contributed by atoms with E-state index in [1.807, 2.05) is 24.4 Å². The van der Waals surface area contributed by atoms with E-state index in [2.05, 4.69) is 24.8 Å². The van der Waals surface area contributed by atoms with Crippen LogP contribution in [0.25, 0.3) is 22.3 Å². The summed E-state index contributed by atoms with van der Waals surface area (Å²) >= 11 is 0. The summed E-state index contributed by atoms with van der Waals surface area (Å²) in [7, 11) is 0. The summed E-state index contributed by atoms with van der Waals surface area (Å²) in [5.41, 5.74) is 9.63. The third kappa shape index (κ3) is 3.62. The maximum Gasteiger partial charge on any atom is 0.220 e. The quantitative estimate of drug-likeness (QED) is 0.738. The molecule has 4 rings (SSSR count). The van der Waals surface area contributed by atoms with E-state index >= 15 is 0 Å². The van der Waals surface area contributed by atoms with Crippen molar-refractivity contribution in [3.05, 3.63) is 36.3 Å². The van der Waals surface area contributed by atoms with Crippen LogP contribution in [0, 0.1) is 0 Å². The lowest BCUT2D eigenvalue weighted by Crippen LogP contribution is -2.36. The maximum absolute atomic E-state index is 5.95. The first-order valence-corrected chi connectivity index (χ1v) is 8.65. The molecule has 1 saturated heterocycles. The van der Waals surface area contributed by atoms with E-state index in [0.717, 1.165) is 73.7 Å². The van der Waals surface area contributed by atoms with Crippen molar-refractivity contribution in [1.82, 2.24) is 24.8 Å². The number of fused-ring (bicyclic) bond motifs is 1. The summed E-state index contributed by atoms with van der Waals surface area (Å²) in [6, 6.07) is 5.99. The van der Waals surface area contributed by atoms with Crippen molar-refractivity contribution in [2.24, 2.45) is 0 Å². The molecule has 1 fully saturated rings. The fourth-order valence-corrected chi connectivity index (χ4v) is 3.26. The summed E-state index contributed by atoms with van der Waals surface area (Å²) in [4.78, 5) is 18.8. The van der Waals surface area contributed by atoms with Crippen molar-refractivity contribution in [3.63, 3.8) is 0 Å². The Morgan fingerprint density at radius 1 is 1.24 bits per heavy atom. The van der Waals surface area contributed by atoms with Crippen molar-refractivity contribution in [2.45, 2.75) is 12.8 Å². The predicted octanol–water partition coefficient (Wildman–Crippen LogP) is 1.87. The van der Waals surface area contributed by atoms with Gasteiger partial charge in [-0.25, -0.2) is 15.0 Å². The number of aromatic nitrogens is 4. The summed E-state index contributed by atoms with van der Waals surface area (Å²) in [5, 5.41) is 1.04. The number of anilines is 1. The monoisotopic (exact) mass is 338 g/mol. The highest BCUT2D eigenvalue weighted by molar-refractivity contribution is 5.92. The SMILES string of the molecule is Nc1nc(CCCN2CCOCC2)cc(-c2c[nH]c3ncccc23)n1. The van der Waals surface area contributed by atoms with Gasteiger partial charge in [-0.2, -0.15) is 0 Å². The molecule has 0 saturated carbocycles. The number of aromatic amines is 1. The van der Waals surface area contributed by atoms with Gasteiger partial charge in [0.2, 0.25) is 5.95 Å². The zero-order chi connectivity index (χ0) is 17.1. The Hall–Kier alpha value is -2.51. The third-order valence-electron chi connectivity index (χ3n) is 4.53. The molecule has 3 N–H and O–H groups in total. The molecule has 3 aromatic heterocycles. The molecule has 0 bridgehead atoms. The van der Waals surface area contributed by atoms with E-state index in [9.17, 15) is 0 Å². The fourth-order valence-electron chi connectivity index (χ4n) is 3.26. The van der Waals surface area contributed by atoms with Gasteiger partial charge >= 0.3 is 0 Å². The maximum atomic E-state index is 5.95. The van der Waals surface area contributed by atoms with Gasteiger partial charge in [0, 0.05) is 42.1 Å². The number of rotatable bonds is 5. The van der Waals surface area contributed by atoms with E-state index < -0.39 is 0 Å². The minimum atomic E-state index is 0.317. The van der Waals surface area contributed by atoms with Gasteiger partial charge in [-0.05, 0) is 37.6 Å². The van der Waals surface area contributed by atoms with Gasteiger partial charge in [0.05, 0.1) is 18.9 Å². The van der Waals surface area contributed by atoms with Crippen LogP contribution in [-0.4, -0.2) is 57.7 Å². The number of aryl methyl sites for hydroxylation is 1. The second-order valence-electron chi connectivity index (χ2n) is 6.26. The first kappa shape index (κ1) is 16.0. The highest BCUT2D eigenvalue weighted by atomic mass is 16.5. The van der Waals surface area contributed by atoms with Crippen molar-refractivity contribution in [2.75, 3.05) is 38.6 Å². The van der Waals surface area contributed by atoms with Crippen LogP contribution >= 0.6 is 0 Å². The normalized spacial score (nSPS) is 15.7. The summed E-state index contributed by atoms with van der Waals surface area (Å²) < 4.78 is 5.39. The van der Waals surface area contributed by atoms with Gasteiger partial charge in [0.15, 0.2) is 0 Å². The Balaban J connectivity index is 1.50. The second-order valence-corrected chi connectivity index (χ2v) is 6.26. The van der Waals surface area contributed by atoms with Crippen LogP contribution in [-0.2, 0) is 11.2 Å². The van der Waals surface area contributed by atoms with Gasteiger partial charge < -0.3 is 15.5 Å². The lowest BCUT2D eigenvalue weighted by molar-refractivity contribution is 0.0374. The molecule has 0 radical (unpaired) electrons. The van der Waals surface area contributed by atoms with Crippen molar-refractivity contribution >= 4 is 17.0 Å². The Bertz CT molecular complexity index is 856.